The molecule has 144 valence electrons. The average molecular weight is 371 g/mol. The zero-order chi connectivity index (χ0) is 19.8. The summed E-state index contributed by atoms with van der Waals surface area (Å²) in [5.41, 5.74) is 0.759. The van der Waals surface area contributed by atoms with Gasteiger partial charge >= 0.3 is 5.97 Å². The molecule has 1 atom stereocenters. The van der Waals surface area contributed by atoms with Crippen LogP contribution in [0, 0.1) is 0 Å². The predicted octanol–water partition coefficient (Wildman–Crippen LogP) is 3.45. The normalized spacial score (nSPS) is 12.2. The van der Waals surface area contributed by atoms with Crippen LogP contribution in [0.1, 0.15) is 39.3 Å². The molecule has 2 rings (SSSR count). The van der Waals surface area contributed by atoms with Crippen LogP contribution < -0.4 is 10.1 Å². The van der Waals surface area contributed by atoms with Crippen LogP contribution in [0.5, 0.6) is 5.75 Å². The fraction of sp³-hybridized carbons (Fsp3) is 0.350. The molecule has 0 fully saturated rings. The van der Waals surface area contributed by atoms with Gasteiger partial charge in [-0.1, -0.05) is 18.2 Å². The first-order valence-corrected chi connectivity index (χ1v) is 8.87. The summed E-state index contributed by atoms with van der Waals surface area (Å²) in [5.74, 6) is 0.200. The van der Waals surface area contributed by atoms with Crippen LogP contribution in [-0.4, -0.2) is 34.4 Å². The van der Waals surface area contributed by atoms with Crippen LogP contribution in [0.3, 0.4) is 0 Å². The van der Waals surface area contributed by atoms with Crippen LogP contribution in [-0.2, 0) is 14.3 Å². The van der Waals surface area contributed by atoms with Crippen molar-refractivity contribution in [2.75, 3.05) is 11.9 Å². The molecule has 0 spiro atoms. The smallest absolute Gasteiger partial charge is 0.331 e. The summed E-state index contributed by atoms with van der Waals surface area (Å²) in [6, 6.07) is 9.15. The van der Waals surface area contributed by atoms with Gasteiger partial charge in [0.2, 0.25) is 0 Å². The zero-order valence-corrected chi connectivity index (χ0v) is 16.0. The summed E-state index contributed by atoms with van der Waals surface area (Å²) in [6.07, 6.45) is 3.54. The highest BCUT2D eigenvalue weighted by molar-refractivity contribution is 5.96. The van der Waals surface area contributed by atoms with Gasteiger partial charge < -0.3 is 14.8 Å². The predicted molar refractivity (Wildman–Crippen MR) is 103 cm³/mol. The Bertz CT molecular complexity index is 811. The molecule has 0 aliphatic carbocycles. The van der Waals surface area contributed by atoms with Crippen molar-refractivity contribution in [3.63, 3.8) is 0 Å². The maximum absolute atomic E-state index is 12.3. The lowest BCUT2D eigenvalue weighted by molar-refractivity contribution is -0.148. The van der Waals surface area contributed by atoms with Gasteiger partial charge in [-0.25, -0.2) is 9.48 Å². The Kier molecular flexibility index (Phi) is 7.16. The Balaban J connectivity index is 1.95. The maximum atomic E-state index is 12.3. The fourth-order valence-electron chi connectivity index (χ4n) is 2.38. The lowest BCUT2D eigenvalue weighted by Crippen LogP contribution is -2.30. The molecule has 0 saturated heterocycles. The number of esters is 1. The van der Waals surface area contributed by atoms with Crippen molar-refractivity contribution in [3.05, 3.63) is 48.2 Å². The van der Waals surface area contributed by atoms with Crippen molar-refractivity contribution in [2.45, 2.75) is 39.8 Å². The second-order valence-electron chi connectivity index (χ2n) is 6.13. The minimum absolute atomic E-state index is 0.0986. The van der Waals surface area contributed by atoms with Crippen LogP contribution in [0.25, 0.3) is 6.08 Å². The van der Waals surface area contributed by atoms with Gasteiger partial charge in [0, 0.05) is 23.7 Å². The van der Waals surface area contributed by atoms with Crippen LogP contribution in [0.4, 0.5) is 5.82 Å². The van der Waals surface area contributed by atoms with Gasteiger partial charge in [-0.05, 0) is 39.8 Å². The topological polar surface area (TPSA) is 82.4 Å². The van der Waals surface area contributed by atoms with Crippen molar-refractivity contribution in [1.82, 2.24) is 9.78 Å². The molecule has 1 amide bonds. The summed E-state index contributed by atoms with van der Waals surface area (Å²) in [4.78, 5) is 24.3. The number of hydrogen-bond donors (Lipinski definition) is 1. The van der Waals surface area contributed by atoms with E-state index in [1.807, 2.05) is 45.0 Å². The molecule has 2 aromatic rings. The summed E-state index contributed by atoms with van der Waals surface area (Å²) in [7, 11) is 0. The van der Waals surface area contributed by atoms with Crippen molar-refractivity contribution < 1.29 is 19.1 Å². The number of carbonyl (C=O) groups is 2. The fourth-order valence-corrected chi connectivity index (χ4v) is 2.38. The van der Waals surface area contributed by atoms with Gasteiger partial charge in [0.15, 0.2) is 6.10 Å². The van der Waals surface area contributed by atoms with E-state index in [2.05, 4.69) is 10.4 Å². The Hall–Kier alpha value is -3.09. The molecule has 1 N–H and O–H groups in total. The van der Waals surface area contributed by atoms with Gasteiger partial charge in [-0.2, -0.15) is 5.10 Å². The highest BCUT2D eigenvalue weighted by atomic mass is 16.5. The number of anilines is 1. The number of hydrogen-bond acceptors (Lipinski definition) is 5. The van der Waals surface area contributed by atoms with Gasteiger partial charge in [-0.15, -0.1) is 0 Å². The zero-order valence-electron chi connectivity index (χ0n) is 16.0. The summed E-state index contributed by atoms with van der Waals surface area (Å²) < 4.78 is 12.4. The Morgan fingerprint density at radius 3 is 2.67 bits per heavy atom. The monoisotopic (exact) mass is 371 g/mol. The lowest BCUT2D eigenvalue weighted by Gasteiger charge is -2.15. The number of benzene rings is 1. The summed E-state index contributed by atoms with van der Waals surface area (Å²) in [6.45, 7) is 7.85. The summed E-state index contributed by atoms with van der Waals surface area (Å²) >= 11 is 0. The summed E-state index contributed by atoms with van der Waals surface area (Å²) in [5, 5.41) is 6.86. The Morgan fingerprint density at radius 2 is 1.96 bits per heavy atom. The molecule has 0 radical (unpaired) electrons. The number of nitrogens with zero attached hydrogens (tertiary/aromatic N) is 2. The van der Waals surface area contributed by atoms with E-state index in [-0.39, 0.29) is 6.04 Å². The quantitative estimate of drug-likeness (QED) is 0.568. The molecule has 7 nitrogen and oxygen atoms in total. The Morgan fingerprint density at radius 1 is 1.22 bits per heavy atom. The second-order valence-corrected chi connectivity index (χ2v) is 6.13. The van der Waals surface area contributed by atoms with E-state index in [0.717, 1.165) is 5.56 Å². The van der Waals surface area contributed by atoms with Gasteiger partial charge in [0.1, 0.15) is 11.6 Å². The average Bonchev–Trinajstić information content (AvgIpc) is 3.09. The van der Waals surface area contributed by atoms with Crippen LogP contribution >= 0.6 is 0 Å². The largest absolute Gasteiger partial charge is 0.493 e. The molecule has 1 heterocycles. The number of aromatic nitrogens is 2. The number of rotatable bonds is 8. The standard InChI is InChI=1S/C20H25N3O4/c1-5-26-17-9-7-6-8-16(17)10-11-19(24)27-15(4)20(25)22-18-12-13-21-23(18)14(2)3/h6-15H,5H2,1-4H3,(H,22,25)/b11-10+/t15-/m0/s1. The molecule has 0 unspecified atom stereocenters. The first kappa shape index (κ1) is 20.2. The minimum Gasteiger partial charge on any atom is -0.493 e. The van der Waals surface area contributed by atoms with Gasteiger partial charge in [-0.3, -0.25) is 4.79 Å². The first-order chi connectivity index (χ1) is 12.9. The van der Waals surface area contributed by atoms with E-state index in [0.29, 0.717) is 18.2 Å². The molecular weight excluding hydrogens is 346 g/mol. The molecule has 27 heavy (non-hydrogen) atoms. The molecular formula is C20H25N3O4. The third kappa shape index (κ3) is 5.70. The lowest BCUT2D eigenvalue weighted by atomic mass is 10.2. The molecule has 7 heteroatoms. The van der Waals surface area contributed by atoms with E-state index in [4.69, 9.17) is 9.47 Å². The maximum Gasteiger partial charge on any atom is 0.331 e. The van der Waals surface area contributed by atoms with E-state index >= 15 is 0 Å². The van der Waals surface area contributed by atoms with Crippen molar-refractivity contribution in [2.24, 2.45) is 0 Å². The van der Waals surface area contributed by atoms with Gasteiger partial charge in [0.25, 0.3) is 5.91 Å². The molecule has 0 aliphatic heterocycles. The first-order valence-electron chi connectivity index (χ1n) is 8.87. The number of ether oxygens (including phenoxy) is 2. The van der Waals surface area contributed by atoms with E-state index < -0.39 is 18.0 Å². The SMILES string of the molecule is CCOc1ccccc1/C=C/C(=O)O[C@@H](C)C(=O)Nc1ccnn1C(C)C. The highest BCUT2D eigenvalue weighted by Gasteiger charge is 2.18. The number of carbonyl (C=O) groups excluding carboxylic acids is 2. The van der Waals surface area contributed by atoms with Crippen molar-refractivity contribution >= 4 is 23.8 Å². The van der Waals surface area contributed by atoms with E-state index in [1.54, 1.807) is 23.0 Å². The second kappa shape index (κ2) is 9.56. The van der Waals surface area contributed by atoms with E-state index in [1.165, 1.54) is 13.0 Å². The molecule has 1 aromatic heterocycles. The van der Waals surface area contributed by atoms with E-state index in [9.17, 15) is 9.59 Å². The van der Waals surface area contributed by atoms with Crippen LogP contribution in [0.15, 0.2) is 42.6 Å². The Labute approximate surface area is 159 Å². The third-order valence-corrected chi connectivity index (χ3v) is 3.69. The third-order valence-electron chi connectivity index (χ3n) is 3.69. The molecule has 0 aliphatic rings. The van der Waals surface area contributed by atoms with Crippen molar-refractivity contribution in [1.29, 1.82) is 0 Å². The molecule has 0 saturated carbocycles. The number of para-hydroxylation sites is 1. The number of amides is 1. The highest BCUT2D eigenvalue weighted by Crippen LogP contribution is 2.19. The number of nitrogens with one attached hydrogen (secondary N) is 1. The molecule has 0 bridgehead atoms. The van der Waals surface area contributed by atoms with Crippen molar-refractivity contribution in [3.8, 4) is 5.75 Å². The van der Waals surface area contributed by atoms with Crippen LogP contribution in [0.2, 0.25) is 0 Å². The minimum atomic E-state index is -0.945. The van der Waals surface area contributed by atoms with Gasteiger partial charge in [0.05, 0.1) is 12.8 Å². The molecule has 1 aromatic carbocycles.